The molecule has 284 valence electrons. The number of benzene rings is 2. The summed E-state index contributed by atoms with van der Waals surface area (Å²) in [4.78, 5) is 27.8. The minimum atomic E-state index is -5.17. The summed E-state index contributed by atoms with van der Waals surface area (Å²) in [6.07, 6.45) is -11.4. The Morgan fingerprint density at radius 3 is 1.88 bits per heavy atom. The number of hydrogen-bond acceptors (Lipinski definition) is 10. The number of aliphatic hydroxyl groups is 7. The highest BCUT2D eigenvalue weighted by atomic mass is 19.4. The van der Waals surface area contributed by atoms with E-state index >= 15 is 0 Å². The fraction of sp³-hybridized carbons (Fsp3) is 0.548. The van der Waals surface area contributed by atoms with E-state index in [4.69, 9.17) is 0 Å². The fourth-order valence-corrected chi connectivity index (χ4v) is 6.78. The number of carbonyl (C=O) groups excluding carboxylic acids is 2. The number of nitrogens with zero attached hydrogens (tertiary/aromatic N) is 4. The van der Waals surface area contributed by atoms with Crippen molar-refractivity contribution in [3.05, 3.63) is 70.0 Å². The van der Waals surface area contributed by atoms with Gasteiger partial charge in [0.15, 0.2) is 0 Å². The smallest absolute Gasteiger partial charge is 0.365 e. The monoisotopic (exact) mass is 742 g/mol. The lowest BCUT2D eigenvalue weighted by Crippen LogP contribution is -2.91. The first kappa shape index (κ1) is 40.1. The molecule has 7 N–H and O–H groups in total. The molecule has 4 atom stereocenters. The number of carbonyl (C=O) groups is 2. The lowest BCUT2D eigenvalue weighted by atomic mass is 9.86. The van der Waals surface area contributed by atoms with Crippen LogP contribution in [0, 0.1) is 12.7 Å². The van der Waals surface area contributed by atoms with Crippen LogP contribution in [0.25, 0.3) is 0 Å². The number of alkyl halides is 6. The molecule has 51 heavy (non-hydrogen) atoms. The van der Waals surface area contributed by atoms with Gasteiger partial charge in [-0.25, -0.2) is 14.1 Å². The van der Waals surface area contributed by atoms with E-state index in [9.17, 15) is 76.1 Å². The molecule has 20 heteroatoms. The lowest BCUT2D eigenvalue weighted by Gasteiger charge is -2.64. The predicted octanol–water partition coefficient (Wildman–Crippen LogP) is 2.28. The Hall–Kier alpha value is -3.63. The van der Waals surface area contributed by atoms with E-state index in [1.807, 2.05) is 0 Å². The molecular formula is C31H37F7N4O9. The summed E-state index contributed by atoms with van der Waals surface area (Å²) in [6.45, 7) is 3.33. The van der Waals surface area contributed by atoms with E-state index in [-0.39, 0.29) is 27.0 Å². The minimum Gasteiger partial charge on any atom is -0.365 e. The molecule has 4 rings (SSSR count). The van der Waals surface area contributed by atoms with E-state index in [1.54, 1.807) is 0 Å². The van der Waals surface area contributed by atoms with E-state index in [0.717, 1.165) is 29.0 Å². The van der Waals surface area contributed by atoms with Crippen LogP contribution >= 0.6 is 0 Å². The summed E-state index contributed by atoms with van der Waals surface area (Å²) in [5.41, 5.74) is -6.73. The average Bonchev–Trinajstić information content (AvgIpc) is 2.97. The lowest BCUT2D eigenvalue weighted by molar-refractivity contribution is -0.573. The van der Waals surface area contributed by atoms with Crippen LogP contribution in [-0.2, 0) is 17.1 Å². The first-order chi connectivity index (χ1) is 23.0. The maximum Gasteiger partial charge on any atom is 0.416 e. The van der Waals surface area contributed by atoms with Crippen molar-refractivity contribution in [2.75, 3.05) is 13.6 Å². The number of piperazine rings is 1. The number of rotatable bonds is 4. The summed E-state index contributed by atoms with van der Waals surface area (Å²) in [5.74, 6) is -14.2. The highest BCUT2D eigenvalue weighted by Crippen LogP contribution is 2.49. The van der Waals surface area contributed by atoms with Crippen LogP contribution in [0.15, 0.2) is 36.4 Å². The van der Waals surface area contributed by atoms with Gasteiger partial charge < -0.3 is 45.5 Å². The van der Waals surface area contributed by atoms with Gasteiger partial charge in [0.2, 0.25) is 11.6 Å². The zero-order chi connectivity index (χ0) is 39.0. The molecule has 0 spiro atoms. The summed E-state index contributed by atoms with van der Waals surface area (Å²) < 4.78 is 95.7. The summed E-state index contributed by atoms with van der Waals surface area (Å²) >= 11 is 0. The molecule has 0 bridgehead atoms. The highest BCUT2D eigenvalue weighted by Gasteiger charge is 2.77. The van der Waals surface area contributed by atoms with E-state index in [2.05, 4.69) is 0 Å². The van der Waals surface area contributed by atoms with Crippen molar-refractivity contribution in [2.45, 2.75) is 94.5 Å². The molecule has 3 amide bonds. The molecule has 2 saturated heterocycles. The largest absolute Gasteiger partial charge is 0.416 e. The van der Waals surface area contributed by atoms with Gasteiger partial charge in [0.1, 0.15) is 5.82 Å². The van der Waals surface area contributed by atoms with Crippen molar-refractivity contribution in [3.8, 4) is 0 Å². The molecule has 2 aliphatic heterocycles. The second-order valence-corrected chi connectivity index (χ2v) is 12.9. The molecular weight excluding hydrogens is 705 g/mol. The highest BCUT2D eigenvalue weighted by molar-refractivity contribution is 5.76. The maximum absolute atomic E-state index is 14.2. The number of urea groups is 1. The molecule has 0 radical (unpaired) electrons. The molecule has 2 fully saturated rings. The Labute approximate surface area is 285 Å². The number of amides is 3. The topological polar surface area (TPSA) is 189 Å². The zero-order valence-corrected chi connectivity index (χ0v) is 27.7. The number of piperidine rings is 1. The van der Waals surface area contributed by atoms with Gasteiger partial charge in [0, 0.05) is 26.6 Å². The third-order valence-electron chi connectivity index (χ3n) is 9.57. The standard InChI is InChI=1S/C31H37F7N4O9/c1-15-10-21(32)6-7-23(15)24-14-22(42-29(46,47)26(4,45)41(17(3)43)30(48,49)31(42,50)51)8-9-40(24)25(44)39(5)16(2)18-11-19(27(33,34)35)13-20(12-18)28(36,37)38/h6-7,10-13,16,22,24,45-51H,8-9,14H2,1-5H3. The average molecular weight is 743 g/mol. The third-order valence-corrected chi connectivity index (χ3v) is 9.57. The predicted molar refractivity (Wildman–Crippen MR) is 158 cm³/mol. The number of likely N-dealkylation sites (tertiary alicyclic amines) is 1. The first-order valence-electron chi connectivity index (χ1n) is 15.2. The van der Waals surface area contributed by atoms with Crippen molar-refractivity contribution in [1.29, 1.82) is 0 Å². The van der Waals surface area contributed by atoms with E-state index < -0.39 is 108 Å². The van der Waals surface area contributed by atoms with Crippen molar-refractivity contribution in [1.82, 2.24) is 19.6 Å². The minimum absolute atomic E-state index is 0.0676. The van der Waals surface area contributed by atoms with Crippen molar-refractivity contribution in [3.63, 3.8) is 0 Å². The number of halogens is 7. The molecule has 13 nitrogen and oxygen atoms in total. The number of aryl methyl sites for hydroxylation is 1. The molecule has 2 heterocycles. The molecule has 0 saturated carbocycles. The normalized spacial score (nSPS) is 25.8. The molecule has 2 aliphatic rings. The molecule has 4 unspecified atom stereocenters. The Morgan fingerprint density at radius 2 is 1.41 bits per heavy atom. The van der Waals surface area contributed by atoms with Gasteiger partial charge >= 0.3 is 30.2 Å². The molecule has 0 aromatic heterocycles. The van der Waals surface area contributed by atoms with Crippen molar-refractivity contribution < 1.29 is 76.1 Å². The molecule has 2 aromatic rings. The number of hydrogen-bond donors (Lipinski definition) is 7. The Bertz CT molecular complexity index is 1620. The van der Waals surface area contributed by atoms with E-state index in [0.29, 0.717) is 26.0 Å². The van der Waals surface area contributed by atoms with Gasteiger partial charge in [-0.3, -0.25) is 4.79 Å². The second-order valence-electron chi connectivity index (χ2n) is 12.9. The summed E-state index contributed by atoms with van der Waals surface area (Å²) in [6, 6.07) is -1.17. The van der Waals surface area contributed by atoms with Gasteiger partial charge in [0.25, 0.3) is 5.91 Å². The Kier molecular flexibility index (Phi) is 10.1. The second kappa shape index (κ2) is 12.8. The van der Waals surface area contributed by atoms with Gasteiger partial charge in [-0.05, 0) is 80.6 Å². The summed E-state index contributed by atoms with van der Waals surface area (Å²) in [5, 5.41) is 77.0. The zero-order valence-electron chi connectivity index (χ0n) is 27.7. The Morgan fingerprint density at radius 1 is 0.882 bits per heavy atom. The van der Waals surface area contributed by atoms with Crippen LogP contribution < -0.4 is 0 Å². The van der Waals surface area contributed by atoms with Crippen molar-refractivity contribution >= 4 is 11.9 Å². The third kappa shape index (κ3) is 6.74. The summed E-state index contributed by atoms with van der Waals surface area (Å²) in [7, 11) is 1.10. The van der Waals surface area contributed by atoms with E-state index in [1.165, 1.54) is 19.9 Å². The SMILES string of the molecule is CC(=O)N1C(C)(O)C(O)(O)N(C2CCN(C(=O)N(C)C(C)c3cc(C(F)(F)F)cc(C(F)(F)F)c3)C(c3ccc(F)cc3C)C2)C(O)(O)C1(O)O. The van der Waals surface area contributed by atoms with Crippen LogP contribution in [0.1, 0.15) is 73.5 Å². The van der Waals surface area contributed by atoms with Gasteiger partial charge in [-0.15, -0.1) is 0 Å². The van der Waals surface area contributed by atoms with Gasteiger partial charge in [-0.1, -0.05) is 6.07 Å². The van der Waals surface area contributed by atoms with Crippen LogP contribution in [0.4, 0.5) is 35.5 Å². The van der Waals surface area contributed by atoms with Crippen LogP contribution in [0.3, 0.4) is 0 Å². The quantitative estimate of drug-likeness (QED) is 0.181. The Balaban J connectivity index is 1.78. The van der Waals surface area contributed by atoms with Gasteiger partial charge in [-0.2, -0.15) is 31.2 Å². The van der Waals surface area contributed by atoms with Crippen LogP contribution in [-0.4, -0.2) is 110 Å². The maximum atomic E-state index is 14.2. The molecule has 2 aromatic carbocycles. The van der Waals surface area contributed by atoms with Gasteiger partial charge in [0.05, 0.1) is 23.2 Å². The van der Waals surface area contributed by atoms with Crippen LogP contribution in [0.5, 0.6) is 0 Å². The first-order valence-corrected chi connectivity index (χ1v) is 15.2. The fourth-order valence-electron chi connectivity index (χ4n) is 6.78. The van der Waals surface area contributed by atoms with Crippen LogP contribution in [0.2, 0.25) is 0 Å². The molecule has 0 aliphatic carbocycles. The van der Waals surface area contributed by atoms with Crippen molar-refractivity contribution in [2.24, 2.45) is 0 Å².